The van der Waals surface area contributed by atoms with Crippen LogP contribution in [-0.4, -0.2) is 22.6 Å². The summed E-state index contributed by atoms with van der Waals surface area (Å²) in [5, 5.41) is 20.1. The van der Waals surface area contributed by atoms with Gasteiger partial charge in [0.1, 0.15) is 5.75 Å². The van der Waals surface area contributed by atoms with Crippen LogP contribution in [0, 0.1) is 0 Å². The first kappa shape index (κ1) is 11.3. The fourth-order valence-electron chi connectivity index (χ4n) is 1.08. The van der Waals surface area contributed by atoms with Crippen molar-refractivity contribution in [1.82, 2.24) is 5.32 Å². The van der Waals surface area contributed by atoms with Crippen molar-refractivity contribution in [2.45, 2.75) is 6.04 Å². The van der Waals surface area contributed by atoms with Crippen LogP contribution in [0.2, 0.25) is 5.02 Å². The summed E-state index contributed by atoms with van der Waals surface area (Å²) in [5.41, 5.74) is 0.289. The van der Waals surface area contributed by atoms with E-state index in [1.165, 1.54) is 18.2 Å². The monoisotopic (exact) mass is 229 g/mol. The van der Waals surface area contributed by atoms with Crippen LogP contribution in [0.25, 0.3) is 0 Å². The second kappa shape index (κ2) is 4.65. The fourth-order valence-corrected chi connectivity index (χ4v) is 1.27. The highest BCUT2D eigenvalue weighted by Gasteiger charge is 2.19. The summed E-state index contributed by atoms with van der Waals surface area (Å²) in [6.07, 6.45) is 0.291. The first-order valence-electron chi connectivity index (χ1n) is 3.97. The summed E-state index contributed by atoms with van der Waals surface area (Å²) in [6.45, 7) is 0. The second-order valence-corrected chi connectivity index (χ2v) is 3.17. The predicted octanol–water partition coefficient (Wildman–Crippen LogP) is 0.917. The van der Waals surface area contributed by atoms with E-state index in [4.69, 9.17) is 21.8 Å². The van der Waals surface area contributed by atoms with E-state index in [-0.39, 0.29) is 16.3 Å². The van der Waals surface area contributed by atoms with Gasteiger partial charge in [0.25, 0.3) is 0 Å². The Kier molecular flexibility index (Phi) is 3.51. The summed E-state index contributed by atoms with van der Waals surface area (Å²) >= 11 is 5.60. The van der Waals surface area contributed by atoms with Crippen molar-refractivity contribution in [1.29, 1.82) is 0 Å². The molecule has 0 spiro atoms. The number of halogens is 1. The van der Waals surface area contributed by atoms with E-state index in [2.05, 4.69) is 5.32 Å². The number of carboxylic acid groups (broad SMARTS) is 1. The minimum absolute atomic E-state index is 0.0337. The third kappa shape index (κ3) is 2.60. The SMILES string of the molecule is O=CNC(C(=O)O)c1ccc(O)c(Cl)c1. The molecule has 1 unspecified atom stereocenters. The molecular weight excluding hydrogens is 222 g/mol. The molecule has 1 aromatic carbocycles. The topological polar surface area (TPSA) is 86.6 Å². The maximum Gasteiger partial charge on any atom is 0.330 e. The number of rotatable bonds is 4. The first-order valence-corrected chi connectivity index (χ1v) is 4.35. The van der Waals surface area contributed by atoms with Crippen LogP contribution in [-0.2, 0) is 9.59 Å². The van der Waals surface area contributed by atoms with Gasteiger partial charge >= 0.3 is 5.97 Å². The van der Waals surface area contributed by atoms with Crippen molar-refractivity contribution in [2.75, 3.05) is 0 Å². The Morgan fingerprint density at radius 1 is 1.53 bits per heavy atom. The Hall–Kier alpha value is -1.75. The van der Waals surface area contributed by atoms with E-state index in [0.29, 0.717) is 6.41 Å². The minimum Gasteiger partial charge on any atom is -0.506 e. The van der Waals surface area contributed by atoms with Crippen molar-refractivity contribution in [3.63, 3.8) is 0 Å². The quantitative estimate of drug-likeness (QED) is 0.670. The largest absolute Gasteiger partial charge is 0.506 e. The van der Waals surface area contributed by atoms with E-state index in [9.17, 15) is 9.59 Å². The molecule has 0 aliphatic carbocycles. The molecule has 0 heterocycles. The Bertz CT molecular complexity index is 394. The molecule has 1 aromatic rings. The van der Waals surface area contributed by atoms with E-state index in [0.717, 1.165) is 0 Å². The molecule has 0 bridgehead atoms. The Labute approximate surface area is 90.3 Å². The number of hydrogen-bond acceptors (Lipinski definition) is 3. The number of carboxylic acids is 1. The van der Waals surface area contributed by atoms with Gasteiger partial charge < -0.3 is 15.5 Å². The molecule has 3 N–H and O–H groups in total. The molecule has 0 saturated carbocycles. The van der Waals surface area contributed by atoms with E-state index >= 15 is 0 Å². The summed E-state index contributed by atoms with van der Waals surface area (Å²) in [6, 6.07) is 2.75. The van der Waals surface area contributed by atoms with Gasteiger partial charge in [-0.1, -0.05) is 17.7 Å². The number of benzene rings is 1. The number of carbonyl (C=O) groups excluding carboxylic acids is 1. The molecule has 0 aliphatic rings. The van der Waals surface area contributed by atoms with Gasteiger partial charge in [0.2, 0.25) is 6.41 Å². The average molecular weight is 230 g/mol. The van der Waals surface area contributed by atoms with Gasteiger partial charge in [-0.2, -0.15) is 0 Å². The van der Waals surface area contributed by atoms with Crippen molar-refractivity contribution in [2.24, 2.45) is 0 Å². The van der Waals surface area contributed by atoms with Gasteiger partial charge in [0.05, 0.1) is 5.02 Å². The maximum atomic E-state index is 10.8. The van der Waals surface area contributed by atoms with Crippen molar-refractivity contribution < 1.29 is 19.8 Å². The van der Waals surface area contributed by atoms with Crippen LogP contribution in [0.15, 0.2) is 18.2 Å². The highest BCUT2D eigenvalue weighted by Crippen LogP contribution is 2.26. The van der Waals surface area contributed by atoms with Gasteiger partial charge in [-0.05, 0) is 17.7 Å². The zero-order valence-corrected chi connectivity index (χ0v) is 8.23. The number of amides is 1. The summed E-state index contributed by atoms with van der Waals surface area (Å²) in [7, 11) is 0. The molecule has 1 rings (SSSR count). The molecule has 6 heteroatoms. The van der Waals surface area contributed by atoms with Gasteiger partial charge in [-0.25, -0.2) is 4.79 Å². The minimum atomic E-state index is -1.20. The fraction of sp³-hybridized carbons (Fsp3) is 0.111. The Morgan fingerprint density at radius 2 is 2.20 bits per heavy atom. The summed E-state index contributed by atoms with van der Waals surface area (Å²) < 4.78 is 0. The molecule has 80 valence electrons. The number of aliphatic carboxylic acids is 1. The third-order valence-electron chi connectivity index (χ3n) is 1.79. The average Bonchev–Trinajstić information content (AvgIpc) is 2.18. The number of phenolic OH excluding ortho intramolecular Hbond substituents is 1. The number of aromatic hydroxyl groups is 1. The molecule has 1 amide bonds. The predicted molar refractivity (Wildman–Crippen MR) is 52.7 cm³/mol. The third-order valence-corrected chi connectivity index (χ3v) is 2.09. The van der Waals surface area contributed by atoms with E-state index < -0.39 is 12.0 Å². The number of nitrogens with one attached hydrogen (secondary N) is 1. The van der Waals surface area contributed by atoms with Crippen LogP contribution < -0.4 is 5.32 Å². The summed E-state index contributed by atoms with van der Waals surface area (Å²) in [5.74, 6) is -1.35. The highest BCUT2D eigenvalue weighted by molar-refractivity contribution is 6.32. The molecule has 15 heavy (non-hydrogen) atoms. The zero-order chi connectivity index (χ0) is 11.4. The van der Waals surface area contributed by atoms with Crippen molar-refractivity contribution in [3.8, 4) is 5.75 Å². The molecule has 0 aliphatic heterocycles. The summed E-state index contributed by atoms with van der Waals surface area (Å²) in [4.78, 5) is 20.9. The standard InChI is InChI=1S/C9H8ClNO4/c10-6-3-5(1-2-7(6)13)8(9(14)15)11-4-12/h1-4,8,13H,(H,11,12)(H,14,15). The lowest BCUT2D eigenvalue weighted by molar-refractivity contribution is -0.140. The normalized spacial score (nSPS) is 11.8. The van der Waals surface area contributed by atoms with Crippen LogP contribution in [0.4, 0.5) is 0 Å². The van der Waals surface area contributed by atoms with Crippen molar-refractivity contribution >= 4 is 24.0 Å². The molecule has 1 atom stereocenters. The highest BCUT2D eigenvalue weighted by atomic mass is 35.5. The van der Waals surface area contributed by atoms with Crippen LogP contribution >= 0.6 is 11.6 Å². The maximum absolute atomic E-state index is 10.8. The van der Waals surface area contributed by atoms with Gasteiger partial charge in [0.15, 0.2) is 6.04 Å². The van der Waals surface area contributed by atoms with Crippen LogP contribution in [0.5, 0.6) is 5.75 Å². The molecule has 0 aromatic heterocycles. The van der Waals surface area contributed by atoms with Crippen molar-refractivity contribution in [3.05, 3.63) is 28.8 Å². The molecule has 0 saturated heterocycles. The molecule has 0 fully saturated rings. The lowest BCUT2D eigenvalue weighted by Gasteiger charge is -2.11. The number of phenols is 1. The number of carbonyl (C=O) groups is 2. The van der Waals surface area contributed by atoms with Crippen LogP contribution in [0.1, 0.15) is 11.6 Å². The first-order chi connectivity index (χ1) is 7.06. The number of hydrogen-bond donors (Lipinski definition) is 3. The second-order valence-electron chi connectivity index (χ2n) is 2.77. The Balaban J connectivity index is 3.06. The van der Waals surface area contributed by atoms with E-state index in [1.54, 1.807) is 0 Å². The van der Waals surface area contributed by atoms with Crippen LogP contribution in [0.3, 0.4) is 0 Å². The van der Waals surface area contributed by atoms with Gasteiger partial charge in [-0.15, -0.1) is 0 Å². The zero-order valence-electron chi connectivity index (χ0n) is 7.48. The smallest absolute Gasteiger partial charge is 0.330 e. The molecular formula is C9H8ClNO4. The lowest BCUT2D eigenvalue weighted by Crippen LogP contribution is -2.27. The Morgan fingerprint density at radius 3 is 2.67 bits per heavy atom. The lowest BCUT2D eigenvalue weighted by atomic mass is 10.1. The molecule has 5 nitrogen and oxygen atoms in total. The van der Waals surface area contributed by atoms with E-state index in [1.807, 2.05) is 0 Å². The van der Waals surface area contributed by atoms with Gasteiger partial charge in [0, 0.05) is 0 Å². The molecule has 0 radical (unpaired) electrons. The van der Waals surface area contributed by atoms with Gasteiger partial charge in [-0.3, -0.25) is 4.79 Å².